The topological polar surface area (TPSA) is 114 Å². The van der Waals surface area contributed by atoms with Crippen LogP contribution in [0.3, 0.4) is 0 Å². The molecule has 1 amide bonds. The Labute approximate surface area is 180 Å². The van der Waals surface area contributed by atoms with Crippen LogP contribution in [0.25, 0.3) is 10.8 Å². The third-order valence-corrected chi connectivity index (χ3v) is 5.59. The van der Waals surface area contributed by atoms with Crippen molar-refractivity contribution in [3.05, 3.63) is 71.5 Å². The Morgan fingerprint density at radius 1 is 1.23 bits per heavy atom. The Morgan fingerprint density at radius 3 is 2.61 bits per heavy atom. The fourth-order valence-corrected chi connectivity index (χ4v) is 3.80. The van der Waals surface area contributed by atoms with Crippen molar-refractivity contribution in [2.45, 2.75) is 6.61 Å². The number of hydrogen-bond acceptors (Lipinski definition) is 5. The van der Waals surface area contributed by atoms with Gasteiger partial charge < -0.3 is 9.53 Å². The number of aldehydes is 1. The number of ether oxygens (including phenoxy) is 1. The molecule has 162 valence electrons. The van der Waals surface area contributed by atoms with Crippen molar-refractivity contribution in [3.8, 4) is 5.75 Å². The highest BCUT2D eigenvalue weighted by molar-refractivity contribution is 7.84. The second kappa shape index (κ2) is 10.1. The molecule has 3 rings (SSSR count). The van der Waals surface area contributed by atoms with Gasteiger partial charge in [0.15, 0.2) is 17.0 Å². The number of benzene rings is 3. The number of fused-ring (bicyclic) bond motifs is 1. The number of halogens is 1. The molecule has 0 aliphatic rings. The lowest BCUT2D eigenvalue weighted by atomic mass is 10.0. The summed E-state index contributed by atoms with van der Waals surface area (Å²) in [4.78, 5) is 23.1. The number of nitrogens with one attached hydrogen (secondary N) is 2. The van der Waals surface area contributed by atoms with Gasteiger partial charge in [-0.2, -0.15) is 0 Å². The molecule has 8 nitrogen and oxygen atoms in total. The zero-order chi connectivity index (χ0) is 22.4. The second-order valence-electron chi connectivity index (χ2n) is 6.40. The molecule has 0 aliphatic heterocycles. The Balaban J connectivity index is 2.17. The van der Waals surface area contributed by atoms with Crippen LogP contribution in [-0.2, 0) is 22.6 Å². The molecular weight excluding hydrogens is 423 g/mol. The van der Waals surface area contributed by atoms with E-state index in [1.165, 1.54) is 31.3 Å². The maximum atomic E-state index is 15.6. The summed E-state index contributed by atoms with van der Waals surface area (Å²) >= 11 is -1.89. The van der Waals surface area contributed by atoms with Gasteiger partial charge >= 0.3 is 0 Å². The maximum Gasteiger partial charge on any atom is 0.265 e. The first kappa shape index (κ1) is 22.3. The SMILES string of the molecule is CNS(=O)N(CC=O)c1c(OCc2ccccc2)cc2cc(C(=O)NN)ccc2c1F. The lowest BCUT2D eigenvalue weighted by Crippen LogP contribution is -2.35. The normalized spacial score (nSPS) is 11.7. The molecule has 3 aromatic rings. The fraction of sp³-hybridized carbons (Fsp3) is 0.143. The highest BCUT2D eigenvalue weighted by atomic mass is 32.2. The van der Waals surface area contributed by atoms with Gasteiger partial charge in [-0.15, -0.1) is 0 Å². The van der Waals surface area contributed by atoms with E-state index >= 15 is 4.39 Å². The smallest absolute Gasteiger partial charge is 0.265 e. The summed E-state index contributed by atoms with van der Waals surface area (Å²) in [7, 11) is 1.43. The van der Waals surface area contributed by atoms with Crippen molar-refractivity contribution in [3.63, 3.8) is 0 Å². The predicted molar refractivity (Wildman–Crippen MR) is 117 cm³/mol. The molecule has 10 heteroatoms. The van der Waals surface area contributed by atoms with Gasteiger partial charge in [0.2, 0.25) is 0 Å². The van der Waals surface area contributed by atoms with E-state index < -0.39 is 22.9 Å². The monoisotopic (exact) mass is 444 g/mol. The lowest BCUT2D eigenvalue weighted by molar-refractivity contribution is -0.106. The van der Waals surface area contributed by atoms with Crippen molar-refractivity contribution in [2.24, 2.45) is 5.84 Å². The largest absolute Gasteiger partial charge is 0.487 e. The highest BCUT2D eigenvalue weighted by Gasteiger charge is 2.25. The number of carbonyl (C=O) groups excluding carboxylic acids is 2. The number of carbonyl (C=O) groups is 2. The number of hydrogen-bond donors (Lipinski definition) is 3. The van der Waals surface area contributed by atoms with Crippen LogP contribution in [0.4, 0.5) is 10.1 Å². The first-order chi connectivity index (χ1) is 15.0. The van der Waals surface area contributed by atoms with Crippen molar-refractivity contribution in [1.82, 2.24) is 10.1 Å². The molecule has 0 aromatic heterocycles. The number of amides is 1. The van der Waals surface area contributed by atoms with Gasteiger partial charge in [0.1, 0.15) is 24.3 Å². The number of nitrogen functional groups attached to an aromatic ring is 1. The van der Waals surface area contributed by atoms with Crippen LogP contribution in [0.2, 0.25) is 0 Å². The third kappa shape index (κ3) is 4.88. The average Bonchev–Trinajstić information content (AvgIpc) is 2.81. The number of hydrazine groups is 1. The van der Waals surface area contributed by atoms with E-state index in [0.717, 1.165) is 9.87 Å². The Hall–Kier alpha value is -3.34. The molecule has 0 bridgehead atoms. The summed E-state index contributed by atoms with van der Waals surface area (Å²) < 4.78 is 37.5. The molecule has 0 aliphatic carbocycles. The van der Waals surface area contributed by atoms with Gasteiger partial charge in [-0.3, -0.25) is 14.5 Å². The van der Waals surface area contributed by atoms with Gasteiger partial charge in [0, 0.05) is 10.9 Å². The summed E-state index contributed by atoms with van der Waals surface area (Å²) in [5, 5.41) is 0.548. The molecule has 0 fully saturated rings. The summed E-state index contributed by atoms with van der Waals surface area (Å²) in [5.74, 6) is 4.00. The Kier molecular flexibility index (Phi) is 7.29. The van der Waals surface area contributed by atoms with E-state index in [1.807, 2.05) is 35.8 Å². The molecule has 0 radical (unpaired) electrons. The van der Waals surface area contributed by atoms with Crippen LogP contribution in [0.1, 0.15) is 15.9 Å². The minimum absolute atomic E-state index is 0.0737. The van der Waals surface area contributed by atoms with E-state index in [-0.39, 0.29) is 35.5 Å². The quantitative estimate of drug-likeness (QED) is 0.202. The van der Waals surface area contributed by atoms with Crippen LogP contribution in [0, 0.1) is 5.82 Å². The number of anilines is 1. The van der Waals surface area contributed by atoms with E-state index in [9.17, 15) is 13.8 Å². The molecule has 4 N–H and O–H groups in total. The van der Waals surface area contributed by atoms with Gasteiger partial charge in [-0.1, -0.05) is 36.4 Å². The van der Waals surface area contributed by atoms with Crippen LogP contribution >= 0.6 is 0 Å². The standard InChI is InChI=1S/C21H21FN4O4S/c1-24-31(29)26(9-10-27)20-18(30-13-14-5-3-2-4-6-14)12-16-11-15(21(28)25-23)7-8-17(16)19(20)22/h2-8,10-12,24H,9,13,23H2,1H3,(H,25,28). The van der Waals surface area contributed by atoms with Crippen LogP contribution < -0.4 is 25.0 Å². The molecule has 0 saturated carbocycles. The molecule has 0 saturated heterocycles. The van der Waals surface area contributed by atoms with Crippen molar-refractivity contribution < 1.29 is 22.9 Å². The highest BCUT2D eigenvalue weighted by Crippen LogP contribution is 2.38. The summed E-state index contributed by atoms with van der Waals surface area (Å²) in [5.41, 5.74) is 2.98. The zero-order valence-electron chi connectivity index (χ0n) is 16.6. The first-order valence-corrected chi connectivity index (χ1v) is 10.3. The van der Waals surface area contributed by atoms with E-state index in [1.54, 1.807) is 0 Å². The van der Waals surface area contributed by atoms with Crippen molar-refractivity contribution >= 4 is 39.8 Å². The third-order valence-electron chi connectivity index (χ3n) is 4.51. The van der Waals surface area contributed by atoms with Crippen LogP contribution in [0.15, 0.2) is 54.6 Å². The number of nitrogens with two attached hydrogens (primary N) is 1. The number of nitrogens with zero attached hydrogens (tertiary/aromatic N) is 1. The minimum atomic E-state index is -1.89. The van der Waals surface area contributed by atoms with Crippen LogP contribution in [0.5, 0.6) is 5.75 Å². The van der Waals surface area contributed by atoms with Crippen molar-refractivity contribution in [2.75, 3.05) is 17.9 Å². The summed E-state index contributed by atoms with van der Waals surface area (Å²) in [6.45, 7) is -0.214. The van der Waals surface area contributed by atoms with Gasteiger partial charge in [-0.05, 0) is 36.2 Å². The van der Waals surface area contributed by atoms with E-state index in [4.69, 9.17) is 10.6 Å². The average molecular weight is 444 g/mol. The molecule has 0 heterocycles. The zero-order valence-corrected chi connectivity index (χ0v) is 17.4. The van der Waals surface area contributed by atoms with E-state index in [2.05, 4.69) is 4.72 Å². The van der Waals surface area contributed by atoms with E-state index in [0.29, 0.717) is 11.7 Å². The molecule has 1 atom stereocenters. The molecule has 31 heavy (non-hydrogen) atoms. The summed E-state index contributed by atoms with van der Waals surface area (Å²) in [6.07, 6.45) is 0.522. The predicted octanol–water partition coefficient (Wildman–Crippen LogP) is 1.96. The van der Waals surface area contributed by atoms with Gasteiger partial charge in [-0.25, -0.2) is 19.2 Å². The number of rotatable bonds is 9. The minimum Gasteiger partial charge on any atom is -0.487 e. The fourth-order valence-electron chi connectivity index (χ4n) is 3.05. The maximum absolute atomic E-state index is 15.6. The molecular formula is C21H21FN4O4S. The lowest BCUT2D eigenvalue weighted by Gasteiger charge is -2.24. The van der Waals surface area contributed by atoms with Gasteiger partial charge in [0.25, 0.3) is 5.91 Å². The molecule has 1 unspecified atom stereocenters. The molecule has 3 aromatic carbocycles. The molecule has 0 spiro atoms. The Bertz CT molecular complexity index is 1130. The summed E-state index contributed by atoms with van der Waals surface area (Å²) in [6, 6.07) is 15.1. The first-order valence-electron chi connectivity index (χ1n) is 9.24. The Morgan fingerprint density at radius 2 is 1.97 bits per heavy atom. The van der Waals surface area contributed by atoms with Crippen LogP contribution in [-0.4, -0.2) is 30.0 Å². The van der Waals surface area contributed by atoms with Crippen molar-refractivity contribution in [1.29, 1.82) is 0 Å². The second-order valence-corrected chi connectivity index (χ2v) is 7.75. The van der Waals surface area contributed by atoms with Gasteiger partial charge in [0.05, 0.1) is 6.54 Å².